The summed E-state index contributed by atoms with van der Waals surface area (Å²) in [7, 11) is -3.83. The molecule has 7 nitrogen and oxygen atoms in total. The van der Waals surface area contributed by atoms with Crippen molar-refractivity contribution in [3.63, 3.8) is 0 Å². The summed E-state index contributed by atoms with van der Waals surface area (Å²) in [6, 6.07) is 14.1. The van der Waals surface area contributed by atoms with E-state index in [2.05, 4.69) is 14.1 Å². The number of hydrogen-bond donors (Lipinski definition) is 1. The fourth-order valence-electron chi connectivity index (χ4n) is 3.50. The van der Waals surface area contributed by atoms with Crippen LogP contribution >= 0.6 is 11.7 Å². The van der Waals surface area contributed by atoms with Crippen molar-refractivity contribution in [3.05, 3.63) is 54.1 Å². The Labute approximate surface area is 167 Å². The molecule has 2 heterocycles. The second-order valence-corrected chi connectivity index (χ2v) is 9.08. The van der Waals surface area contributed by atoms with Crippen LogP contribution in [0.25, 0.3) is 11.0 Å². The van der Waals surface area contributed by atoms with Gasteiger partial charge < -0.3 is 5.32 Å². The molecule has 146 valence electrons. The lowest BCUT2D eigenvalue weighted by atomic mass is 10.1. The molecule has 1 aliphatic heterocycles. The Bertz CT molecular complexity index is 1080. The standard InChI is InChI=1S/C19H20N4O3S2/c24-19(20-12-11-14-6-2-1-3-7-14)16-9-5-13-23(16)28(25,26)17-10-4-8-15-18(17)22-27-21-15/h1-4,6-8,10,16H,5,9,11-13H2,(H,20,24)/t16-/m0/s1. The van der Waals surface area contributed by atoms with Crippen molar-refractivity contribution in [1.82, 2.24) is 18.4 Å². The molecule has 9 heteroatoms. The van der Waals surface area contributed by atoms with Gasteiger partial charge in [0.2, 0.25) is 15.9 Å². The average molecular weight is 417 g/mol. The molecule has 1 fully saturated rings. The molecule has 0 spiro atoms. The molecule has 1 amide bonds. The van der Waals surface area contributed by atoms with Crippen LogP contribution < -0.4 is 5.32 Å². The van der Waals surface area contributed by atoms with E-state index in [0.717, 1.165) is 17.3 Å². The Balaban J connectivity index is 1.49. The summed E-state index contributed by atoms with van der Waals surface area (Å²) < 4.78 is 36.0. The van der Waals surface area contributed by atoms with Gasteiger partial charge in [-0.25, -0.2) is 8.42 Å². The van der Waals surface area contributed by atoms with E-state index in [1.807, 2.05) is 30.3 Å². The number of nitrogens with zero attached hydrogens (tertiary/aromatic N) is 3. The predicted octanol–water partition coefficient (Wildman–Crippen LogP) is 2.20. The van der Waals surface area contributed by atoms with E-state index >= 15 is 0 Å². The van der Waals surface area contributed by atoms with E-state index in [-0.39, 0.29) is 10.8 Å². The number of hydrogen-bond acceptors (Lipinski definition) is 6. The van der Waals surface area contributed by atoms with Crippen molar-refractivity contribution < 1.29 is 13.2 Å². The van der Waals surface area contributed by atoms with Crippen LogP contribution in [0.15, 0.2) is 53.4 Å². The van der Waals surface area contributed by atoms with E-state index in [1.54, 1.807) is 12.1 Å². The molecule has 1 atom stereocenters. The summed E-state index contributed by atoms with van der Waals surface area (Å²) >= 11 is 0.980. The topological polar surface area (TPSA) is 92.3 Å². The molecular formula is C19H20N4O3S2. The van der Waals surface area contributed by atoms with Crippen LogP contribution in [0, 0.1) is 0 Å². The van der Waals surface area contributed by atoms with Crippen LogP contribution in [-0.2, 0) is 21.2 Å². The Hall–Kier alpha value is -2.36. The van der Waals surface area contributed by atoms with E-state index in [1.165, 1.54) is 10.4 Å². The Morgan fingerprint density at radius 1 is 1.14 bits per heavy atom. The van der Waals surface area contributed by atoms with Crippen LogP contribution in [0.1, 0.15) is 18.4 Å². The van der Waals surface area contributed by atoms with Gasteiger partial charge in [-0.05, 0) is 37.0 Å². The smallest absolute Gasteiger partial charge is 0.246 e. The van der Waals surface area contributed by atoms with Crippen molar-refractivity contribution in [2.45, 2.75) is 30.2 Å². The molecule has 0 bridgehead atoms. The van der Waals surface area contributed by atoms with E-state index in [4.69, 9.17) is 0 Å². The third kappa shape index (κ3) is 3.65. The summed E-state index contributed by atoms with van der Waals surface area (Å²) in [5.74, 6) is -0.249. The number of carbonyl (C=O) groups is 1. The van der Waals surface area contributed by atoms with E-state index < -0.39 is 16.1 Å². The zero-order valence-electron chi connectivity index (χ0n) is 15.1. The van der Waals surface area contributed by atoms with Crippen LogP contribution in [0.3, 0.4) is 0 Å². The molecule has 4 rings (SSSR count). The van der Waals surface area contributed by atoms with Gasteiger partial charge in [-0.3, -0.25) is 4.79 Å². The normalized spacial score (nSPS) is 17.8. The molecule has 3 aromatic rings. The van der Waals surface area contributed by atoms with Crippen molar-refractivity contribution in [3.8, 4) is 0 Å². The van der Waals surface area contributed by atoms with Crippen LogP contribution in [0.4, 0.5) is 0 Å². The SMILES string of the molecule is O=C(NCCc1ccccc1)[C@@H]1CCCN1S(=O)(=O)c1cccc2nsnc12. The van der Waals surface area contributed by atoms with Gasteiger partial charge in [-0.15, -0.1) is 0 Å². The number of amides is 1. The van der Waals surface area contributed by atoms with Crippen molar-refractivity contribution >= 4 is 38.7 Å². The van der Waals surface area contributed by atoms with E-state index in [9.17, 15) is 13.2 Å². The van der Waals surface area contributed by atoms with Gasteiger partial charge in [0.15, 0.2) is 0 Å². The van der Waals surface area contributed by atoms with Gasteiger partial charge in [-0.1, -0.05) is 36.4 Å². The molecule has 1 saturated heterocycles. The zero-order valence-corrected chi connectivity index (χ0v) is 16.7. The first kappa shape index (κ1) is 19.0. The van der Waals surface area contributed by atoms with Gasteiger partial charge in [0.25, 0.3) is 0 Å². The summed E-state index contributed by atoms with van der Waals surface area (Å²) in [6.45, 7) is 0.798. The predicted molar refractivity (Wildman–Crippen MR) is 107 cm³/mol. The van der Waals surface area contributed by atoms with Gasteiger partial charge in [0, 0.05) is 13.1 Å². The van der Waals surface area contributed by atoms with Gasteiger partial charge in [-0.2, -0.15) is 13.1 Å². The zero-order chi connectivity index (χ0) is 19.6. The minimum Gasteiger partial charge on any atom is -0.354 e. The lowest BCUT2D eigenvalue weighted by Gasteiger charge is -2.23. The summed E-state index contributed by atoms with van der Waals surface area (Å²) in [4.78, 5) is 12.8. The quantitative estimate of drug-likeness (QED) is 0.665. The number of fused-ring (bicyclic) bond motifs is 1. The van der Waals surface area contributed by atoms with Crippen LogP contribution in [-0.4, -0.2) is 46.5 Å². The van der Waals surface area contributed by atoms with Crippen LogP contribution in [0.2, 0.25) is 0 Å². The first-order chi connectivity index (χ1) is 13.6. The maximum absolute atomic E-state index is 13.2. The number of sulfonamides is 1. The minimum atomic E-state index is -3.83. The molecule has 0 radical (unpaired) electrons. The number of carbonyl (C=O) groups excluding carboxylic acids is 1. The number of rotatable bonds is 6. The minimum absolute atomic E-state index is 0.114. The number of benzene rings is 2. The van der Waals surface area contributed by atoms with Crippen molar-refractivity contribution in [2.75, 3.05) is 13.1 Å². The highest BCUT2D eigenvalue weighted by Gasteiger charge is 2.40. The Morgan fingerprint density at radius 3 is 2.79 bits per heavy atom. The maximum Gasteiger partial charge on any atom is 0.246 e. The molecule has 2 aromatic carbocycles. The summed E-state index contributed by atoms with van der Waals surface area (Å²) in [5.41, 5.74) is 2.04. The molecule has 0 unspecified atom stereocenters. The highest BCUT2D eigenvalue weighted by Crippen LogP contribution is 2.30. The summed E-state index contributed by atoms with van der Waals surface area (Å²) in [5, 5.41) is 2.89. The van der Waals surface area contributed by atoms with Gasteiger partial charge in [0.1, 0.15) is 22.0 Å². The molecule has 0 aliphatic carbocycles. The number of nitrogens with one attached hydrogen (secondary N) is 1. The van der Waals surface area contributed by atoms with Crippen molar-refractivity contribution in [2.24, 2.45) is 0 Å². The van der Waals surface area contributed by atoms with Crippen LogP contribution in [0.5, 0.6) is 0 Å². The fourth-order valence-corrected chi connectivity index (χ4v) is 5.91. The van der Waals surface area contributed by atoms with Gasteiger partial charge in [0.05, 0.1) is 11.7 Å². The molecule has 0 saturated carbocycles. The first-order valence-corrected chi connectivity index (χ1v) is 11.3. The molecule has 28 heavy (non-hydrogen) atoms. The molecule has 1 aliphatic rings. The largest absolute Gasteiger partial charge is 0.354 e. The Kier molecular flexibility index (Phi) is 5.38. The Morgan fingerprint density at radius 2 is 1.96 bits per heavy atom. The molecular weight excluding hydrogens is 396 g/mol. The maximum atomic E-state index is 13.2. The second kappa shape index (κ2) is 7.94. The fraction of sp³-hybridized carbons (Fsp3) is 0.316. The lowest BCUT2D eigenvalue weighted by Crippen LogP contribution is -2.46. The summed E-state index contributed by atoms with van der Waals surface area (Å²) in [6.07, 6.45) is 1.87. The molecule has 1 aromatic heterocycles. The monoisotopic (exact) mass is 416 g/mol. The first-order valence-electron chi connectivity index (χ1n) is 9.12. The second-order valence-electron chi connectivity index (χ2n) is 6.69. The average Bonchev–Trinajstić information content (AvgIpc) is 3.38. The van der Waals surface area contributed by atoms with E-state index in [0.29, 0.717) is 43.4 Å². The van der Waals surface area contributed by atoms with Gasteiger partial charge >= 0.3 is 0 Å². The third-order valence-corrected chi connectivity index (χ3v) is 7.38. The lowest BCUT2D eigenvalue weighted by molar-refractivity contribution is -0.124. The third-order valence-electron chi connectivity index (χ3n) is 4.90. The van der Waals surface area contributed by atoms with Crippen molar-refractivity contribution in [1.29, 1.82) is 0 Å². The highest BCUT2D eigenvalue weighted by molar-refractivity contribution is 7.89. The number of aromatic nitrogens is 2. The molecule has 1 N–H and O–H groups in total. The highest BCUT2D eigenvalue weighted by atomic mass is 32.2.